The van der Waals surface area contributed by atoms with E-state index in [1.54, 1.807) is 13.8 Å². The van der Waals surface area contributed by atoms with E-state index in [-0.39, 0.29) is 37.9 Å². The zero-order valence-electron chi connectivity index (χ0n) is 14.9. The van der Waals surface area contributed by atoms with Gasteiger partial charge in [-0.2, -0.15) is 5.26 Å². The van der Waals surface area contributed by atoms with Crippen LogP contribution in [0.5, 0.6) is 0 Å². The molecule has 0 amide bonds. The number of rotatable bonds is 10. The Bertz CT molecular complexity index is 465. The predicted octanol–water partition coefficient (Wildman–Crippen LogP) is 2.41. The minimum absolute atomic E-state index is 0.0821. The van der Waals surface area contributed by atoms with Crippen molar-refractivity contribution in [3.05, 3.63) is 0 Å². The van der Waals surface area contributed by atoms with Gasteiger partial charge in [0.25, 0.3) is 0 Å². The number of hydrogen-bond donors (Lipinski definition) is 1. The molecule has 2 unspecified atom stereocenters. The van der Waals surface area contributed by atoms with Gasteiger partial charge in [-0.3, -0.25) is 9.05 Å². The van der Waals surface area contributed by atoms with E-state index in [4.69, 9.17) is 28.5 Å². The average Bonchev–Trinajstić information content (AvgIpc) is 2.72. The lowest BCUT2D eigenvalue weighted by Crippen LogP contribution is -2.40. The fourth-order valence-electron chi connectivity index (χ4n) is 2.46. The summed E-state index contributed by atoms with van der Waals surface area (Å²) in [6, 6.07) is 2.02. The van der Waals surface area contributed by atoms with Crippen molar-refractivity contribution in [3.8, 4) is 6.07 Å². The molecule has 0 aromatic rings. The van der Waals surface area contributed by atoms with Crippen LogP contribution >= 0.6 is 7.82 Å². The Hall–Kier alpha value is -0.520. The third-order valence-electron chi connectivity index (χ3n) is 3.24. The first-order chi connectivity index (χ1) is 11.2. The normalized spacial score (nSPS) is 29.8. The Kier molecular flexibility index (Phi) is 8.82. The van der Waals surface area contributed by atoms with Crippen LogP contribution in [0.2, 0.25) is 0 Å². The Labute approximate surface area is 143 Å². The summed E-state index contributed by atoms with van der Waals surface area (Å²) in [7, 11) is -4.15. The molecule has 24 heavy (non-hydrogen) atoms. The standard InChI is InChI=1S/C15H28NO7P/c1-10(2)21-15-13(9-20-24(17,18)23-11(3)4)22-12(5)14(15)19-8-6-7-16/h10-15H,6,8-9H2,1-5H3,(H,17,18)/t12-,13+,14+,15?/m0/s1. The van der Waals surface area contributed by atoms with Crippen molar-refractivity contribution in [2.45, 2.75) is 77.7 Å². The van der Waals surface area contributed by atoms with Crippen LogP contribution < -0.4 is 0 Å². The third kappa shape index (κ3) is 7.16. The van der Waals surface area contributed by atoms with Gasteiger partial charge in [-0.1, -0.05) is 0 Å². The average molecular weight is 365 g/mol. The van der Waals surface area contributed by atoms with Gasteiger partial charge in [0, 0.05) is 0 Å². The summed E-state index contributed by atoms with van der Waals surface area (Å²) in [5, 5.41) is 8.63. The summed E-state index contributed by atoms with van der Waals surface area (Å²) in [4.78, 5) is 9.67. The van der Waals surface area contributed by atoms with Crippen molar-refractivity contribution in [3.63, 3.8) is 0 Å². The van der Waals surface area contributed by atoms with Crippen molar-refractivity contribution >= 4 is 7.82 Å². The molecule has 1 fully saturated rings. The molecule has 1 aliphatic rings. The molecule has 1 aliphatic heterocycles. The van der Waals surface area contributed by atoms with E-state index in [1.165, 1.54) is 0 Å². The van der Waals surface area contributed by atoms with Crippen LogP contribution in [0.25, 0.3) is 0 Å². The molecule has 0 aromatic heterocycles. The van der Waals surface area contributed by atoms with Crippen LogP contribution in [0.4, 0.5) is 0 Å². The van der Waals surface area contributed by atoms with Gasteiger partial charge in [0.05, 0.1) is 44.0 Å². The molecule has 1 N–H and O–H groups in total. The maximum atomic E-state index is 11.8. The molecular formula is C15H28NO7P. The summed E-state index contributed by atoms with van der Waals surface area (Å²) < 4.78 is 39.1. The van der Waals surface area contributed by atoms with Crippen molar-refractivity contribution in [2.75, 3.05) is 13.2 Å². The van der Waals surface area contributed by atoms with Crippen molar-refractivity contribution in [1.29, 1.82) is 5.26 Å². The second-order valence-corrected chi connectivity index (χ2v) is 7.60. The molecule has 140 valence electrons. The van der Waals surface area contributed by atoms with E-state index in [0.717, 1.165) is 0 Å². The molecule has 1 saturated heterocycles. The van der Waals surface area contributed by atoms with Crippen molar-refractivity contribution < 1.29 is 32.7 Å². The van der Waals surface area contributed by atoms with Gasteiger partial charge in [0.2, 0.25) is 0 Å². The topological polar surface area (TPSA) is 107 Å². The van der Waals surface area contributed by atoms with Crippen LogP contribution in [0.3, 0.4) is 0 Å². The van der Waals surface area contributed by atoms with Crippen LogP contribution in [-0.2, 0) is 27.8 Å². The minimum Gasteiger partial charge on any atom is -0.372 e. The molecule has 0 spiro atoms. The Morgan fingerprint density at radius 1 is 1.25 bits per heavy atom. The quantitative estimate of drug-likeness (QED) is 0.464. The van der Waals surface area contributed by atoms with Gasteiger partial charge in [0.15, 0.2) is 0 Å². The summed E-state index contributed by atoms with van der Waals surface area (Å²) in [6.07, 6.45) is -1.94. The molecule has 0 radical (unpaired) electrons. The molecule has 5 atom stereocenters. The van der Waals surface area contributed by atoms with Crippen LogP contribution in [-0.4, -0.2) is 54.7 Å². The van der Waals surface area contributed by atoms with E-state index in [1.807, 2.05) is 26.8 Å². The number of nitrogens with zero attached hydrogens (tertiary/aromatic N) is 1. The van der Waals surface area contributed by atoms with Gasteiger partial charge in [-0.15, -0.1) is 0 Å². The van der Waals surface area contributed by atoms with E-state index >= 15 is 0 Å². The van der Waals surface area contributed by atoms with Crippen molar-refractivity contribution in [2.24, 2.45) is 0 Å². The highest BCUT2D eigenvalue weighted by Gasteiger charge is 2.45. The number of hydrogen-bond acceptors (Lipinski definition) is 7. The second kappa shape index (κ2) is 9.83. The number of nitriles is 1. The van der Waals surface area contributed by atoms with Crippen LogP contribution in [0, 0.1) is 11.3 Å². The number of phosphoric acid groups is 1. The summed E-state index contributed by atoms with van der Waals surface area (Å²) in [5.74, 6) is 0. The van der Waals surface area contributed by atoms with Gasteiger partial charge in [0.1, 0.15) is 18.3 Å². The number of ether oxygens (including phenoxy) is 3. The molecule has 1 heterocycles. The lowest BCUT2D eigenvalue weighted by Gasteiger charge is -2.26. The SMILES string of the molecule is CC(C)OC1[C@@H](COP(=O)(O)OC(C)C)O[C@@H](C)[C@H]1OCCC#N. The molecule has 0 aliphatic carbocycles. The molecule has 9 heteroatoms. The van der Waals surface area contributed by atoms with Gasteiger partial charge < -0.3 is 19.1 Å². The molecule has 0 bridgehead atoms. The fourth-order valence-corrected chi connectivity index (χ4v) is 3.39. The zero-order chi connectivity index (χ0) is 18.3. The molecule has 8 nitrogen and oxygen atoms in total. The summed E-state index contributed by atoms with van der Waals surface area (Å²) >= 11 is 0. The van der Waals surface area contributed by atoms with Gasteiger partial charge in [-0.05, 0) is 34.6 Å². The maximum Gasteiger partial charge on any atom is 0.472 e. The fraction of sp³-hybridized carbons (Fsp3) is 0.933. The highest BCUT2D eigenvalue weighted by Crippen LogP contribution is 2.45. The van der Waals surface area contributed by atoms with E-state index < -0.39 is 26.1 Å². The van der Waals surface area contributed by atoms with Crippen molar-refractivity contribution in [1.82, 2.24) is 0 Å². The van der Waals surface area contributed by atoms with E-state index in [0.29, 0.717) is 0 Å². The molecule has 0 saturated carbocycles. The third-order valence-corrected chi connectivity index (χ3v) is 4.41. The highest BCUT2D eigenvalue weighted by molar-refractivity contribution is 7.47. The molecule has 1 rings (SSSR count). The second-order valence-electron chi connectivity index (χ2n) is 6.19. The van der Waals surface area contributed by atoms with Crippen LogP contribution in [0.1, 0.15) is 41.0 Å². The Morgan fingerprint density at radius 2 is 1.92 bits per heavy atom. The van der Waals surface area contributed by atoms with E-state index in [2.05, 4.69) is 0 Å². The molecule has 0 aromatic carbocycles. The highest BCUT2D eigenvalue weighted by atomic mass is 31.2. The van der Waals surface area contributed by atoms with Gasteiger partial charge >= 0.3 is 7.82 Å². The Balaban J connectivity index is 2.70. The largest absolute Gasteiger partial charge is 0.472 e. The van der Waals surface area contributed by atoms with Gasteiger partial charge in [-0.25, -0.2) is 4.57 Å². The minimum atomic E-state index is -4.15. The first-order valence-electron chi connectivity index (χ1n) is 8.11. The lowest BCUT2D eigenvalue weighted by molar-refractivity contribution is -0.0923. The Morgan fingerprint density at radius 3 is 2.46 bits per heavy atom. The lowest BCUT2D eigenvalue weighted by atomic mass is 10.1. The van der Waals surface area contributed by atoms with E-state index in [9.17, 15) is 9.46 Å². The summed E-state index contributed by atoms with van der Waals surface area (Å²) in [6.45, 7) is 9.00. The predicted molar refractivity (Wildman–Crippen MR) is 86.3 cm³/mol. The smallest absolute Gasteiger partial charge is 0.372 e. The first kappa shape index (κ1) is 21.5. The number of phosphoric ester groups is 1. The maximum absolute atomic E-state index is 11.8. The first-order valence-corrected chi connectivity index (χ1v) is 9.61. The van der Waals surface area contributed by atoms with Crippen LogP contribution in [0.15, 0.2) is 0 Å². The zero-order valence-corrected chi connectivity index (χ0v) is 15.8. The monoisotopic (exact) mass is 365 g/mol. The summed E-state index contributed by atoms with van der Waals surface area (Å²) in [5.41, 5.74) is 0. The molecular weight excluding hydrogens is 337 g/mol.